The molecule has 0 saturated carbocycles. The van der Waals surface area contributed by atoms with E-state index in [0.29, 0.717) is 6.54 Å². The van der Waals surface area contributed by atoms with Crippen molar-refractivity contribution in [2.45, 2.75) is 26.5 Å². The van der Waals surface area contributed by atoms with E-state index in [9.17, 15) is 0 Å². The summed E-state index contributed by atoms with van der Waals surface area (Å²) < 4.78 is 8.39. The van der Waals surface area contributed by atoms with Gasteiger partial charge in [-0.1, -0.05) is 0 Å². The molecule has 0 aliphatic heterocycles. The molecule has 0 aliphatic rings. The van der Waals surface area contributed by atoms with Crippen LogP contribution in [0.15, 0.2) is 28.7 Å². The van der Waals surface area contributed by atoms with Crippen molar-refractivity contribution in [2.75, 3.05) is 0 Å². The van der Waals surface area contributed by atoms with Gasteiger partial charge in [0.1, 0.15) is 11.4 Å². The molecule has 1 heterocycles. The number of ether oxygens (including phenoxy) is 1. The Labute approximate surface area is 121 Å². The van der Waals surface area contributed by atoms with Crippen molar-refractivity contribution >= 4 is 15.9 Å². The molecule has 1 aromatic carbocycles. The lowest BCUT2D eigenvalue weighted by molar-refractivity contribution is 0.242. The van der Waals surface area contributed by atoms with Gasteiger partial charge in [-0.15, -0.1) is 0 Å². The van der Waals surface area contributed by atoms with Gasteiger partial charge in [-0.05, 0) is 54.0 Å². The van der Waals surface area contributed by atoms with Gasteiger partial charge in [0.05, 0.1) is 16.3 Å². The van der Waals surface area contributed by atoms with Crippen LogP contribution in [-0.4, -0.2) is 15.9 Å². The highest BCUT2D eigenvalue weighted by Crippen LogP contribution is 2.31. The van der Waals surface area contributed by atoms with Crippen LogP contribution < -0.4 is 10.5 Å². The fourth-order valence-corrected chi connectivity index (χ4v) is 2.63. The highest BCUT2D eigenvalue weighted by molar-refractivity contribution is 9.10. The molecule has 0 fully saturated rings. The second kappa shape index (κ2) is 5.75. The van der Waals surface area contributed by atoms with Crippen LogP contribution in [0.25, 0.3) is 11.3 Å². The van der Waals surface area contributed by atoms with E-state index in [0.717, 1.165) is 27.2 Å². The molecule has 0 radical (unpaired) electrons. The molecule has 4 nitrogen and oxygen atoms in total. The maximum absolute atomic E-state index is 5.71. The molecule has 2 N–H and O–H groups in total. The van der Waals surface area contributed by atoms with E-state index in [1.54, 1.807) is 4.68 Å². The molecular weight excluding hydrogens is 306 g/mol. The van der Waals surface area contributed by atoms with Crippen LogP contribution in [0.5, 0.6) is 5.75 Å². The summed E-state index contributed by atoms with van der Waals surface area (Å²) >= 11 is 3.56. The van der Waals surface area contributed by atoms with Crippen LogP contribution in [0, 0.1) is 0 Å². The zero-order chi connectivity index (χ0) is 14.0. The molecule has 0 aliphatic carbocycles. The zero-order valence-corrected chi connectivity index (χ0v) is 12.9. The number of nitrogens with two attached hydrogens (primary N) is 1. The van der Waals surface area contributed by atoms with Crippen LogP contribution in [0.2, 0.25) is 0 Å². The fraction of sp³-hybridized carbons (Fsp3) is 0.357. The molecule has 0 amide bonds. The van der Waals surface area contributed by atoms with E-state index in [1.165, 1.54) is 0 Å². The molecule has 19 heavy (non-hydrogen) atoms. The maximum Gasteiger partial charge on any atom is 0.119 e. The van der Waals surface area contributed by atoms with Crippen molar-refractivity contribution in [3.05, 3.63) is 34.4 Å². The minimum absolute atomic E-state index is 0.177. The van der Waals surface area contributed by atoms with Crippen LogP contribution in [0.1, 0.15) is 19.5 Å². The monoisotopic (exact) mass is 323 g/mol. The summed E-state index contributed by atoms with van der Waals surface area (Å²) in [5.74, 6) is 0.866. The van der Waals surface area contributed by atoms with E-state index in [4.69, 9.17) is 10.5 Å². The standard InChI is InChI=1S/C14H18BrN3O/c1-9(2)19-11-6-4-10(5-7-11)14-13(15)12(8-16)18(3)17-14/h4-7,9H,8,16H2,1-3H3. The lowest BCUT2D eigenvalue weighted by atomic mass is 10.1. The first-order chi connectivity index (χ1) is 9.02. The lowest BCUT2D eigenvalue weighted by Gasteiger charge is -2.09. The molecule has 0 unspecified atom stereocenters. The Morgan fingerprint density at radius 1 is 1.32 bits per heavy atom. The largest absolute Gasteiger partial charge is 0.491 e. The van der Waals surface area contributed by atoms with Gasteiger partial charge in [0.25, 0.3) is 0 Å². The summed E-state index contributed by atoms with van der Waals surface area (Å²) in [5, 5.41) is 4.49. The van der Waals surface area contributed by atoms with Gasteiger partial charge in [0.15, 0.2) is 0 Å². The molecule has 0 saturated heterocycles. The molecule has 1 aromatic heterocycles. The van der Waals surface area contributed by atoms with Gasteiger partial charge in [0, 0.05) is 19.2 Å². The number of aryl methyl sites for hydroxylation is 1. The summed E-state index contributed by atoms with van der Waals surface area (Å²) in [7, 11) is 1.90. The van der Waals surface area contributed by atoms with Crippen molar-refractivity contribution in [1.29, 1.82) is 0 Å². The van der Waals surface area contributed by atoms with Gasteiger partial charge in [-0.25, -0.2) is 0 Å². The first kappa shape index (κ1) is 14.1. The van der Waals surface area contributed by atoms with E-state index >= 15 is 0 Å². The van der Waals surface area contributed by atoms with Gasteiger partial charge < -0.3 is 10.5 Å². The smallest absolute Gasteiger partial charge is 0.119 e. The molecule has 0 bridgehead atoms. The molecule has 0 spiro atoms. The second-order valence-corrected chi connectivity index (χ2v) is 5.42. The minimum atomic E-state index is 0.177. The number of hydrogen-bond donors (Lipinski definition) is 1. The summed E-state index contributed by atoms with van der Waals surface area (Å²) in [6.45, 7) is 4.48. The Kier molecular flexibility index (Phi) is 4.27. The number of rotatable bonds is 4. The summed E-state index contributed by atoms with van der Waals surface area (Å²) in [6, 6.07) is 7.92. The van der Waals surface area contributed by atoms with Crippen molar-refractivity contribution in [3.8, 4) is 17.0 Å². The van der Waals surface area contributed by atoms with Crippen molar-refractivity contribution < 1.29 is 4.74 Å². The number of nitrogens with zero attached hydrogens (tertiary/aromatic N) is 2. The molecule has 102 valence electrons. The number of aromatic nitrogens is 2. The third-order valence-electron chi connectivity index (χ3n) is 2.79. The van der Waals surface area contributed by atoms with Crippen LogP contribution in [0.3, 0.4) is 0 Å². The number of halogens is 1. The summed E-state index contributed by atoms with van der Waals surface area (Å²) in [5.41, 5.74) is 8.64. The molecule has 2 aromatic rings. The second-order valence-electron chi connectivity index (χ2n) is 4.63. The molecule has 2 rings (SSSR count). The first-order valence-corrected chi connectivity index (χ1v) is 7.00. The Morgan fingerprint density at radius 3 is 2.42 bits per heavy atom. The predicted octanol–water partition coefficient (Wildman–Crippen LogP) is 3.10. The van der Waals surface area contributed by atoms with E-state index < -0.39 is 0 Å². The summed E-state index contributed by atoms with van der Waals surface area (Å²) in [4.78, 5) is 0. The third kappa shape index (κ3) is 2.98. The zero-order valence-electron chi connectivity index (χ0n) is 11.4. The molecule has 0 atom stereocenters. The average molecular weight is 324 g/mol. The summed E-state index contributed by atoms with van der Waals surface area (Å²) in [6.07, 6.45) is 0.177. The van der Waals surface area contributed by atoms with Gasteiger partial charge >= 0.3 is 0 Å². The normalized spacial score (nSPS) is 11.1. The third-order valence-corrected chi connectivity index (χ3v) is 3.63. The van der Waals surface area contributed by atoms with E-state index in [1.807, 2.05) is 45.2 Å². The lowest BCUT2D eigenvalue weighted by Crippen LogP contribution is -2.05. The predicted molar refractivity (Wildman–Crippen MR) is 80.0 cm³/mol. The van der Waals surface area contributed by atoms with Crippen molar-refractivity contribution in [1.82, 2.24) is 9.78 Å². The molecular formula is C14H18BrN3O. The highest BCUT2D eigenvalue weighted by Gasteiger charge is 2.14. The number of hydrogen-bond acceptors (Lipinski definition) is 3. The van der Waals surface area contributed by atoms with E-state index in [-0.39, 0.29) is 6.10 Å². The van der Waals surface area contributed by atoms with Crippen LogP contribution >= 0.6 is 15.9 Å². The van der Waals surface area contributed by atoms with Crippen molar-refractivity contribution in [2.24, 2.45) is 12.8 Å². The van der Waals surface area contributed by atoms with Crippen LogP contribution in [0.4, 0.5) is 0 Å². The fourth-order valence-electron chi connectivity index (χ4n) is 1.90. The quantitative estimate of drug-likeness (QED) is 0.940. The topological polar surface area (TPSA) is 53.1 Å². The number of benzene rings is 1. The average Bonchev–Trinajstić information content (AvgIpc) is 2.64. The first-order valence-electron chi connectivity index (χ1n) is 6.21. The SMILES string of the molecule is CC(C)Oc1ccc(-c2nn(C)c(CN)c2Br)cc1. The Bertz CT molecular complexity index is 561. The van der Waals surface area contributed by atoms with Crippen LogP contribution in [-0.2, 0) is 13.6 Å². The Morgan fingerprint density at radius 2 is 1.95 bits per heavy atom. The van der Waals surface area contributed by atoms with Gasteiger partial charge in [0.2, 0.25) is 0 Å². The van der Waals surface area contributed by atoms with Gasteiger partial charge in [-0.3, -0.25) is 4.68 Å². The van der Waals surface area contributed by atoms with E-state index in [2.05, 4.69) is 21.0 Å². The minimum Gasteiger partial charge on any atom is -0.491 e. The maximum atomic E-state index is 5.71. The highest BCUT2D eigenvalue weighted by atomic mass is 79.9. The Balaban J connectivity index is 2.32. The van der Waals surface area contributed by atoms with Gasteiger partial charge in [-0.2, -0.15) is 5.10 Å². The van der Waals surface area contributed by atoms with Crippen molar-refractivity contribution in [3.63, 3.8) is 0 Å². The Hall–Kier alpha value is -1.33. The molecule has 5 heteroatoms.